The van der Waals surface area contributed by atoms with Gasteiger partial charge in [0, 0.05) is 0 Å². The van der Waals surface area contributed by atoms with Crippen molar-refractivity contribution in [2.75, 3.05) is 13.3 Å². The molecule has 0 atom stereocenters. The molecule has 0 radical (unpaired) electrons. The zero-order chi connectivity index (χ0) is 5.98. The molecule has 1 aliphatic rings. The first-order valence-electron chi connectivity index (χ1n) is 2.20. The van der Waals surface area contributed by atoms with Crippen molar-refractivity contribution in [3.8, 4) is 0 Å². The Kier molecular flexibility index (Phi) is 1.24. The lowest BCUT2D eigenvalue weighted by atomic mass is 10.4. The van der Waals surface area contributed by atoms with Crippen LogP contribution in [0, 0.1) is 0 Å². The molecule has 0 spiro atoms. The van der Waals surface area contributed by atoms with E-state index in [-0.39, 0.29) is 12.3 Å². The Balaban J connectivity index is 2.46. The van der Waals surface area contributed by atoms with Gasteiger partial charge in [-0.2, -0.15) is 5.10 Å². The van der Waals surface area contributed by atoms with E-state index in [1.807, 2.05) is 0 Å². The van der Waals surface area contributed by atoms with Gasteiger partial charge in [-0.3, -0.25) is 9.80 Å². The molecule has 0 aromatic carbocycles. The van der Waals surface area contributed by atoms with Crippen molar-refractivity contribution >= 4 is 12.0 Å². The Bertz CT molecular complexity index is 134. The molecule has 0 unspecified atom stereocenters. The van der Waals surface area contributed by atoms with Crippen LogP contribution in [0.5, 0.6) is 0 Å². The highest BCUT2D eigenvalue weighted by atomic mass is 19.1. The average Bonchev–Trinajstić information content (AvgIpc) is 2.14. The maximum absolute atomic E-state index is 11.5. The van der Waals surface area contributed by atoms with Gasteiger partial charge in [-0.05, 0) is 0 Å². The van der Waals surface area contributed by atoms with Crippen LogP contribution in [0.3, 0.4) is 0 Å². The van der Waals surface area contributed by atoms with Gasteiger partial charge in [-0.25, -0.2) is 4.39 Å². The van der Waals surface area contributed by atoms with Crippen molar-refractivity contribution < 1.29 is 9.18 Å². The number of nitrogens with zero attached hydrogens (tertiary/aromatic N) is 2. The van der Waals surface area contributed by atoms with Gasteiger partial charge in [-0.15, -0.1) is 0 Å². The van der Waals surface area contributed by atoms with Crippen molar-refractivity contribution in [3.05, 3.63) is 0 Å². The molecule has 44 valence electrons. The summed E-state index contributed by atoms with van der Waals surface area (Å²) in [4.78, 5) is 10.3. The van der Waals surface area contributed by atoms with Crippen LogP contribution < -0.4 is 0 Å². The lowest BCUT2D eigenvalue weighted by Gasteiger charge is -2.03. The minimum atomic E-state index is -0.678. The zero-order valence-electron chi connectivity index (χ0n) is 4.17. The lowest BCUT2D eigenvalue weighted by molar-refractivity contribution is -0.112. The molecule has 0 N–H and O–H groups in total. The van der Waals surface area contributed by atoms with E-state index in [0.29, 0.717) is 0 Å². The zero-order valence-corrected chi connectivity index (χ0v) is 4.17. The largest absolute Gasteiger partial charge is 0.291 e. The molecule has 0 bridgehead atoms. The van der Waals surface area contributed by atoms with Gasteiger partial charge in [0.25, 0.3) is 0 Å². The predicted molar refractivity (Wildman–Crippen MR) is 26.2 cm³/mol. The van der Waals surface area contributed by atoms with E-state index in [1.165, 1.54) is 0 Å². The maximum atomic E-state index is 11.5. The molecule has 1 aliphatic heterocycles. The van der Waals surface area contributed by atoms with Crippen LogP contribution in [0.2, 0.25) is 0 Å². The van der Waals surface area contributed by atoms with Crippen molar-refractivity contribution in [1.29, 1.82) is 0 Å². The van der Waals surface area contributed by atoms with Crippen LogP contribution in [-0.4, -0.2) is 30.4 Å². The maximum Gasteiger partial charge on any atom is 0.196 e. The summed E-state index contributed by atoms with van der Waals surface area (Å²) < 4.78 is 11.5. The predicted octanol–water partition coefficient (Wildman–Crippen LogP) is -0.216. The first-order chi connectivity index (χ1) is 3.83. The van der Waals surface area contributed by atoms with Crippen LogP contribution in [0.4, 0.5) is 4.39 Å². The first kappa shape index (κ1) is 5.21. The Labute approximate surface area is 45.8 Å². The molecule has 0 aliphatic carbocycles. The third-order valence-electron chi connectivity index (χ3n) is 0.841. The lowest BCUT2D eigenvalue weighted by Crippen LogP contribution is -2.16. The molecule has 0 fully saturated rings. The third-order valence-corrected chi connectivity index (χ3v) is 0.841. The molecule has 0 saturated heterocycles. The fourth-order valence-corrected chi connectivity index (χ4v) is 0.481. The quantitative estimate of drug-likeness (QED) is 0.444. The molecule has 0 aromatic heterocycles. The average molecular weight is 116 g/mol. The molecular weight excluding hydrogens is 111 g/mol. The molecule has 0 aromatic rings. The van der Waals surface area contributed by atoms with E-state index < -0.39 is 6.80 Å². The normalized spacial score (nSPS) is 18.1. The summed E-state index contributed by atoms with van der Waals surface area (Å²) in [5.41, 5.74) is 0. The summed E-state index contributed by atoms with van der Waals surface area (Å²) >= 11 is 0. The van der Waals surface area contributed by atoms with Gasteiger partial charge in [0.2, 0.25) is 0 Å². The minimum Gasteiger partial charge on any atom is -0.291 e. The van der Waals surface area contributed by atoms with Crippen LogP contribution in [0.25, 0.3) is 0 Å². The van der Waals surface area contributed by atoms with Crippen molar-refractivity contribution in [2.24, 2.45) is 5.10 Å². The van der Waals surface area contributed by atoms with E-state index in [2.05, 4.69) is 5.10 Å². The number of Topliss-reactive ketones (excluding diaryl/α,β-unsaturated/α-hetero) is 1. The van der Waals surface area contributed by atoms with E-state index in [4.69, 9.17) is 0 Å². The number of rotatable bonds is 1. The number of hydrazone groups is 1. The number of hydrogen-bond acceptors (Lipinski definition) is 3. The van der Waals surface area contributed by atoms with Gasteiger partial charge in [0.1, 0.15) is 6.54 Å². The number of halogens is 1. The molecule has 8 heavy (non-hydrogen) atoms. The Morgan fingerprint density at radius 3 is 3.00 bits per heavy atom. The van der Waals surface area contributed by atoms with Crippen molar-refractivity contribution in [2.45, 2.75) is 0 Å². The number of hydrogen-bond donors (Lipinski definition) is 0. The summed E-state index contributed by atoms with van der Waals surface area (Å²) in [6, 6.07) is 0. The van der Waals surface area contributed by atoms with Crippen LogP contribution in [0.1, 0.15) is 0 Å². The Morgan fingerprint density at radius 2 is 2.75 bits per heavy atom. The van der Waals surface area contributed by atoms with Gasteiger partial charge >= 0.3 is 0 Å². The highest BCUT2D eigenvalue weighted by molar-refractivity contribution is 6.29. The summed E-state index contributed by atoms with van der Waals surface area (Å²) in [7, 11) is 0. The van der Waals surface area contributed by atoms with E-state index >= 15 is 0 Å². The number of alkyl halides is 1. The number of carbonyl (C=O) groups is 1. The third kappa shape index (κ3) is 0.828. The highest BCUT2D eigenvalue weighted by Gasteiger charge is 2.11. The minimum absolute atomic E-state index is 0.0938. The summed E-state index contributed by atoms with van der Waals surface area (Å²) in [6.45, 7) is -0.585. The highest BCUT2D eigenvalue weighted by Crippen LogP contribution is 1.94. The van der Waals surface area contributed by atoms with E-state index in [0.717, 1.165) is 11.2 Å². The van der Waals surface area contributed by atoms with Gasteiger partial charge in [-0.1, -0.05) is 0 Å². The van der Waals surface area contributed by atoms with Crippen LogP contribution >= 0.6 is 0 Å². The van der Waals surface area contributed by atoms with Gasteiger partial charge in [0.15, 0.2) is 12.6 Å². The number of ketones is 1. The topological polar surface area (TPSA) is 32.7 Å². The molecule has 0 saturated carbocycles. The van der Waals surface area contributed by atoms with Gasteiger partial charge in [0.05, 0.1) is 6.21 Å². The fraction of sp³-hybridized carbons (Fsp3) is 0.500. The fourth-order valence-electron chi connectivity index (χ4n) is 0.481. The second-order valence-electron chi connectivity index (χ2n) is 1.49. The molecule has 0 amide bonds. The monoisotopic (exact) mass is 116 g/mol. The Morgan fingerprint density at radius 1 is 2.00 bits per heavy atom. The van der Waals surface area contributed by atoms with Crippen LogP contribution in [0.15, 0.2) is 5.10 Å². The number of carbonyl (C=O) groups excluding carboxylic acids is 1. The van der Waals surface area contributed by atoms with Crippen molar-refractivity contribution in [3.63, 3.8) is 0 Å². The molecule has 4 heteroatoms. The van der Waals surface area contributed by atoms with E-state index in [1.54, 1.807) is 0 Å². The summed E-state index contributed by atoms with van der Waals surface area (Å²) in [5.74, 6) is -0.136. The van der Waals surface area contributed by atoms with Gasteiger partial charge < -0.3 is 0 Å². The molecule has 1 rings (SSSR count). The first-order valence-corrected chi connectivity index (χ1v) is 2.20. The second-order valence-corrected chi connectivity index (χ2v) is 1.49. The van der Waals surface area contributed by atoms with Crippen molar-refractivity contribution in [1.82, 2.24) is 5.01 Å². The Hall–Kier alpha value is -0.930. The molecule has 3 nitrogen and oxygen atoms in total. The molecular formula is C4H5FN2O. The molecule has 1 heterocycles. The summed E-state index contributed by atoms with van der Waals surface area (Å²) in [5, 5.41) is 4.48. The smallest absolute Gasteiger partial charge is 0.196 e. The summed E-state index contributed by atoms with van der Waals surface area (Å²) in [6.07, 6.45) is 1.12. The standard InChI is InChI=1S/C4H5FN2O/c5-3-7-2-4(8)1-6-7/h1H,2-3H2. The van der Waals surface area contributed by atoms with E-state index in [9.17, 15) is 9.18 Å². The van der Waals surface area contributed by atoms with Crippen LogP contribution in [-0.2, 0) is 4.79 Å². The SMILES string of the molecule is O=C1C=NN(CF)C1. The second kappa shape index (κ2) is 1.90.